The predicted molar refractivity (Wildman–Crippen MR) is 127 cm³/mol. The van der Waals surface area contributed by atoms with Gasteiger partial charge in [0.25, 0.3) is 5.91 Å². The molecule has 0 aliphatic carbocycles. The molecule has 0 atom stereocenters. The molecule has 0 spiro atoms. The van der Waals surface area contributed by atoms with Crippen LogP contribution in [0.4, 0.5) is 5.69 Å². The molecule has 4 rings (SSSR count). The monoisotopic (exact) mass is 468 g/mol. The van der Waals surface area contributed by atoms with E-state index in [4.69, 9.17) is 25.8 Å². The van der Waals surface area contributed by atoms with E-state index in [9.17, 15) is 9.90 Å². The number of hydrogen-bond donors (Lipinski definition) is 1. The third-order valence-electron chi connectivity index (χ3n) is 5.09. The second-order valence-corrected chi connectivity index (χ2v) is 8.76. The largest absolute Gasteiger partial charge is 0.493 e. The van der Waals surface area contributed by atoms with Gasteiger partial charge in [0.1, 0.15) is 13.2 Å². The van der Waals surface area contributed by atoms with Crippen LogP contribution in [0.15, 0.2) is 54.7 Å². The summed E-state index contributed by atoms with van der Waals surface area (Å²) in [6.45, 7) is 4.08. The highest BCUT2D eigenvalue weighted by atomic mass is 35.5. The summed E-state index contributed by atoms with van der Waals surface area (Å²) < 4.78 is 17.0. The van der Waals surface area contributed by atoms with Gasteiger partial charge in [-0.05, 0) is 49.7 Å². The van der Waals surface area contributed by atoms with Gasteiger partial charge in [-0.25, -0.2) is 4.98 Å². The predicted octanol–water partition coefficient (Wildman–Crippen LogP) is 4.60. The Bertz CT molecular complexity index is 1160. The summed E-state index contributed by atoms with van der Waals surface area (Å²) in [5.74, 6) is 1.11. The standard InChI is InChI=1S/C25H25ClN2O5/c1-25(2,30)15-33-20-9-8-19(13-21(20)31-3)28-10-11-32-22-12-17(14-27-23(22)24(28)29)16-4-6-18(26)7-5-16/h4-9,12-14,30H,10-11,15H2,1-3H3. The first-order valence-electron chi connectivity index (χ1n) is 10.5. The molecule has 0 unspecified atom stereocenters. The minimum atomic E-state index is -0.984. The number of ether oxygens (including phenoxy) is 3. The maximum atomic E-state index is 13.3. The lowest BCUT2D eigenvalue weighted by atomic mass is 10.1. The van der Waals surface area contributed by atoms with Crippen LogP contribution in [-0.4, -0.2) is 48.5 Å². The third-order valence-corrected chi connectivity index (χ3v) is 5.34. The van der Waals surface area contributed by atoms with Crippen LogP contribution in [0.1, 0.15) is 24.3 Å². The van der Waals surface area contributed by atoms with Crippen molar-refractivity contribution in [3.05, 3.63) is 65.4 Å². The minimum Gasteiger partial charge on any atom is -0.493 e. The Balaban J connectivity index is 1.61. The first kappa shape index (κ1) is 22.9. The number of fused-ring (bicyclic) bond motifs is 1. The van der Waals surface area contributed by atoms with E-state index in [1.54, 1.807) is 55.3 Å². The number of pyridine rings is 1. The molecule has 2 aromatic carbocycles. The van der Waals surface area contributed by atoms with Crippen molar-refractivity contribution >= 4 is 23.2 Å². The number of methoxy groups -OCH3 is 1. The number of carbonyl (C=O) groups is 1. The SMILES string of the molecule is COc1cc(N2CCOc3cc(-c4ccc(Cl)cc4)cnc3C2=O)ccc1OCC(C)(C)O. The third kappa shape index (κ3) is 5.21. The van der Waals surface area contributed by atoms with E-state index in [-0.39, 0.29) is 18.2 Å². The van der Waals surface area contributed by atoms with Crippen LogP contribution in [-0.2, 0) is 0 Å². The van der Waals surface area contributed by atoms with Crippen LogP contribution >= 0.6 is 11.6 Å². The normalized spacial score (nSPS) is 13.7. The van der Waals surface area contributed by atoms with Crippen molar-refractivity contribution in [3.8, 4) is 28.4 Å². The van der Waals surface area contributed by atoms with Gasteiger partial charge in [-0.2, -0.15) is 0 Å². The van der Waals surface area contributed by atoms with Gasteiger partial charge in [-0.3, -0.25) is 4.79 Å². The van der Waals surface area contributed by atoms with E-state index in [1.807, 2.05) is 18.2 Å². The van der Waals surface area contributed by atoms with Crippen molar-refractivity contribution in [2.45, 2.75) is 19.4 Å². The molecule has 0 saturated heterocycles. The van der Waals surface area contributed by atoms with Gasteiger partial charge in [-0.15, -0.1) is 0 Å². The summed E-state index contributed by atoms with van der Waals surface area (Å²) in [6, 6.07) is 14.4. The van der Waals surface area contributed by atoms with Crippen molar-refractivity contribution in [1.29, 1.82) is 0 Å². The van der Waals surface area contributed by atoms with Crippen molar-refractivity contribution in [2.24, 2.45) is 0 Å². The number of aromatic nitrogens is 1. The molecule has 1 amide bonds. The minimum absolute atomic E-state index is 0.104. The van der Waals surface area contributed by atoms with Crippen LogP contribution in [0.5, 0.6) is 17.2 Å². The van der Waals surface area contributed by atoms with Gasteiger partial charge in [-0.1, -0.05) is 23.7 Å². The Morgan fingerprint density at radius 3 is 2.58 bits per heavy atom. The molecule has 0 radical (unpaired) electrons. The highest BCUT2D eigenvalue weighted by Gasteiger charge is 2.27. The van der Waals surface area contributed by atoms with E-state index < -0.39 is 5.60 Å². The quantitative estimate of drug-likeness (QED) is 0.569. The number of halogens is 1. The highest BCUT2D eigenvalue weighted by molar-refractivity contribution is 6.30. The molecule has 7 nitrogen and oxygen atoms in total. The Morgan fingerprint density at radius 1 is 1.12 bits per heavy atom. The molecular formula is C25H25ClN2O5. The summed E-state index contributed by atoms with van der Waals surface area (Å²) in [6.07, 6.45) is 1.65. The average Bonchev–Trinajstić information content (AvgIpc) is 2.96. The van der Waals surface area contributed by atoms with E-state index >= 15 is 0 Å². The molecule has 1 aliphatic heterocycles. The zero-order chi connectivity index (χ0) is 23.6. The number of hydrogen-bond acceptors (Lipinski definition) is 6. The maximum Gasteiger partial charge on any atom is 0.280 e. The van der Waals surface area contributed by atoms with Crippen LogP contribution < -0.4 is 19.1 Å². The van der Waals surface area contributed by atoms with E-state index in [1.165, 1.54) is 7.11 Å². The van der Waals surface area contributed by atoms with E-state index in [0.717, 1.165) is 11.1 Å². The first-order valence-corrected chi connectivity index (χ1v) is 10.9. The number of rotatable bonds is 6. The molecule has 0 bridgehead atoms. The van der Waals surface area contributed by atoms with Crippen LogP contribution in [0.2, 0.25) is 5.02 Å². The molecule has 3 aromatic rings. The fraction of sp³-hybridized carbons (Fsp3) is 0.280. The number of carbonyl (C=O) groups excluding carboxylic acids is 1. The van der Waals surface area contributed by atoms with E-state index in [2.05, 4.69) is 4.98 Å². The lowest BCUT2D eigenvalue weighted by molar-refractivity contribution is 0.0276. The second-order valence-electron chi connectivity index (χ2n) is 8.32. The summed E-state index contributed by atoms with van der Waals surface area (Å²) in [7, 11) is 1.53. The summed E-state index contributed by atoms with van der Waals surface area (Å²) in [5.41, 5.74) is 1.65. The lowest BCUT2D eigenvalue weighted by Crippen LogP contribution is -2.32. The van der Waals surface area contributed by atoms with Crippen LogP contribution in [0.3, 0.4) is 0 Å². The number of amides is 1. The summed E-state index contributed by atoms with van der Waals surface area (Å²) in [5, 5.41) is 10.6. The van der Waals surface area contributed by atoms with Crippen molar-refractivity contribution in [1.82, 2.24) is 4.98 Å². The fourth-order valence-corrected chi connectivity index (χ4v) is 3.56. The molecule has 0 fully saturated rings. The molecule has 33 heavy (non-hydrogen) atoms. The highest BCUT2D eigenvalue weighted by Crippen LogP contribution is 2.35. The molecule has 1 N–H and O–H groups in total. The van der Waals surface area contributed by atoms with Crippen LogP contribution in [0, 0.1) is 0 Å². The summed E-state index contributed by atoms with van der Waals surface area (Å²) >= 11 is 5.98. The Kier molecular flexibility index (Phi) is 6.44. The number of anilines is 1. The zero-order valence-electron chi connectivity index (χ0n) is 18.7. The fourth-order valence-electron chi connectivity index (χ4n) is 3.44. The zero-order valence-corrected chi connectivity index (χ0v) is 19.4. The summed E-state index contributed by atoms with van der Waals surface area (Å²) in [4.78, 5) is 19.4. The van der Waals surface area contributed by atoms with E-state index in [0.29, 0.717) is 41.1 Å². The van der Waals surface area contributed by atoms with Gasteiger partial charge in [0.15, 0.2) is 22.9 Å². The maximum absolute atomic E-state index is 13.3. The van der Waals surface area contributed by atoms with Gasteiger partial charge in [0, 0.05) is 28.5 Å². The number of nitrogens with zero attached hydrogens (tertiary/aromatic N) is 2. The van der Waals surface area contributed by atoms with Gasteiger partial charge >= 0.3 is 0 Å². The Morgan fingerprint density at radius 2 is 1.88 bits per heavy atom. The van der Waals surface area contributed by atoms with Gasteiger partial charge in [0.2, 0.25) is 0 Å². The Hall–Kier alpha value is -3.29. The van der Waals surface area contributed by atoms with Gasteiger partial charge in [0.05, 0.1) is 19.3 Å². The van der Waals surface area contributed by atoms with Crippen molar-refractivity contribution in [3.63, 3.8) is 0 Å². The first-order chi connectivity index (χ1) is 15.7. The van der Waals surface area contributed by atoms with Crippen molar-refractivity contribution < 1.29 is 24.1 Å². The van der Waals surface area contributed by atoms with Gasteiger partial charge < -0.3 is 24.2 Å². The molecule has 1 aliphatic rings. The lowest BCUT2D eigenvalue weighted by Gasteiger charge is -2.22. The van der Waals surface area contributed by atoms with Crippen molar-refractivity contribution in [2.75, 3.05) is 31.8 Å². The molecule has 172 valence electrons. The van der Waals surface area contributed by atoms with Crippen LogP contribution in [0.25, 0.3) is 11.1 Å². The molecule has 2 heterocycles. The molecule has 1 aromatic heterocycles. The Labute approximate surface area is 197 Å². The number of aliphatic hydroxyl groups is 1. The average molecular weight is 469 g/mol. The molecular weight excluding hydrogens is 444 g/mol. The smallest absolute Gasteiger partial charge is 0.280 e. The number of benzene rings is 2. The topological polar surface area (TPSA) is 81.1 Å². The second kappa shape index (κ2) is 9.29. The molecule has 0 saturated carbocycles. The molecule has 8 heteroatoms.